The summed E-state index contributed by atoms with van der Waals surface area (Å²) in [5.74, 6) is 0.572. The Balaban J connectivity index is 1.97. The zero-order valence-electron chi connectivity index (χ0n) is 11.9. The van der Waals surface area contributed by atoms with Crippen molar-refractivity contribution in [2.24, 2.45) is 0 Å². The van der Waals surface area contributed by atoms with Gasteiger partial charge in [0.15, 0.2) is 12.9 Å². The second-order valence-electron chi connectivity index (χ2n) is 4.68. The molecule has 0 spiro atoms. The van der Waals surface area contributed by atoms with Crippen LogP contribution in [0.1, 0.15) is 12.5 Å². The summed E-state index contributed by atoms with van der Waals surface area (Å²) in [6.07, 6.45) is -0.296. The average Bonchev–Trinajstić information content (AvgIpc) is 2.46. The van der Waals surface area contributed by atoms with Crippen LogP contribution in [0.3, 0.4) is 0 Å². The van der Waals surface area contributed by atoms with Crippen LogP contribution in [0.2, 0.25) is 0 Å². The third kappa shape index (κ3) is 3.47. The van der Waals surface area contributed by atoms with Crippen LogP contribution in [0.5, 0.6) is 5.75 Å². The molecule has 1 atom stereocenters. The first-order valence-electron chi connectivity index (χ1n) is 6.48. The molecule has 0 fully saturated rings. The number of amides is 1. The Labute approximate surface area is 118 Å². The number of hydrogen-bond acceptors (Lipinski definition) is 5. The maximum Gasteiger partial charge on any atom is 0.262 e. The number of rotatable bonds is 6. The molecule has 20 heavy (non-hydrogen) atoms. The summed E-state index contributed by atoms with van der Waals surface area (Å²) < 4.78 is 15.7. The van der Waals surface area contributed by atoms with Gasteiger partial charge in [-0.05, 0) is 24.6 Å². The first kappa shape index (κ1) is 14.8. The van der Waals surface area contributed by atoms with Crippen LogP contribution in [-0.2, 0) is 20.8 Å². The van der Waals surface area contributed by atoms with Crippen molar-refractivity contribution in [2.45, 2.75) is 25.8 Å². The maximum absolute atomic E-state index is 11.3. The van der Waals surface area contributed by atoms with Gasteiger partial charge in [0.2, 0.25) is 0 Å². The van der Waals surface area contributed by atoms with E-state index in [1.165, 1.54) is 0 Å². The minimum Gasteiger partial charge on any atom is -0.482 e. The largest absolute Gasteiger partial charge is 0.482 e. The molecule has 0 bridgehead atoms. The highest BCUT2D eigenvalue weighted by Crippen LogP contribution is 2.28. The Bertz CT molecular complexity index is 474. The van der Waals surface area contributed by atoms with Gasteiger partial charge in [-0.2, -0.15) is 0 Å². The van der Waals surface area contributed by atoms with Crippen molar-refractivity contribution in [3.05, 3.63) is 23.8 Å². The summed E-state index contributed by atoms with van der Waals surface area (Å²) >= 11 is 0. The molecule has 1 aromatic carbocycles. The first-order valence-corrected chi connectivity index (χ1v) is 6.48. The van der Waals surface area contributed by atoms with E-state index >= 15 is 0 Å². The van der Waals surface area contributed by atoms with Gasteiger partial charge >= 0.3 is 0 Å². The van der Waals surface area contributed by atoms with Crippen LogP contribution in [-0.4, -0.2) is 39.1 Å². The van der Waals surface area contributed by atoms with Gasteiger partial charge in [0, 0.05) is 20.8 Å². The molecular formula is C14H20N2O4. The number of carbonyl (C=O) groups is 1. The summed E-state index contributed by atoms with van der Waals surface area (Å²) in [7, 11) is 3.22. The van der Waals surface area contributed by atoms with Crippen LogP contribution in [0.25, 0.3) is 0 Å². The summed E-state index contributed by atoms with van der Waals surface area (Å²) in [4.78, 5) is 11.3. The predicted molar refractivity (Wildman–Crippen MR) is 74.7 cm³/mol. The number of nitrogens with one attached hydrogen (secondary N) is 2. The van der Waals surface area contributed by atoms with E-state index in [9.17, 15) is 4.79 Å². The van der Waals surface area contributed by atoms with Crippen molar-refractivity contribution in [2.75, 3.05) is 26.1 Å². The minimum absolute atomic E-state index is 0.0480. The Hall–Kier alpha value is -1.63. The molecule has 0 saturated heterocycles. The average molecular weight is 280 g/mol. The van der Waals surface area contributed by atoms with Crippen molar-refractivity contribution < 1.29 is 19.0 Å². The number of ether oxygens (including phenoxy) is 3. The first-order chi connectivity index (χ1) is 9.63. The van der Waals surface area contributed by atoms with Crippen LogP contribution in [0.15, 0.2) is 18.2 Å². The number of methoxy groups -OCH3 is 2. The monoisotopic (exact) mass is 280 g/mol. The van der Waals surface area contributed by atoms with E-state index in [0.717, 1.165) is 5.56 Å². The molecule has 6 heteroatoms. The molecule has 1 aliphatic heterocycles. The lowest BCUT2D eigenvalue weighted by Gasteiger charge is -2.23. The Morgan fingerprint density at radius 2 is 2.15 bits per heavy atom. The standard InChI is InChI=1S/C14H20N2O4/c1-9(14(18-2)19-3)15-7-10-4-5-12-11(6-10)16-13(17)8-20-12/h4-6,9,14-15H,7-8H2,1-3H3,(H,16,17). The summed E-state index contributed by atoms with van der Waals surface area (Å²) in [6, 6.07) is 5.78. The van der Waals surface area contributed by atoms with E-state index in [1.807, 2.05) is 25.1 Å². The van der Waals surface area contributed by atoms with Crippen molar-refractivity contribution in [3.63, 3.8) is 0 Å². The van der Waals surface area contributed by atoms with Crippen LogP contribution in [0.4, 0.5) is 5.69 Å². The second kappa shape index (κ2) is 6.69. The fourth-order valence-electron chi connectivity index (χ4n) is 2.12. The lowest BCUT2D eigenvalue weighted by atomic mass is 10.1. The van der Waals surface area contributed by atoms with E-state index < -0.39 is 0 Å². The molecule has 0 aromatic heterocycles. The third-order valence-electron chi connectivity index (χ3n) is 3.18. The fourth-order valence-corrected chi connectivity index (χ4v) is 2.12. The fraction of sp³-hybridized carbons (Fsp3) is 0.500. The molecule has 1 aliphatic rings. The number of carbonyl (C=O) groups excluding carboxylic acids is 1. The van der Waals surface area contributed by atoms with Crippen LogP contribution < -0.4 is 15.4 Å². The van der Waals surface area contributed by atoms with Crippen molar-refractivity contribution in [1.29, 1.82) is 0 Å². The quantitative estimate of drug-likeness (QED) is 0.764. The van der Waals surface area contributed by atoms with E-state index in [4.69, 9.17) is 14.2 Å². The van der Waals surface area contributed by atoms with Crippen molar-refractivity contribution >= 4 is 11.6 Å². The molecule has 1 unspecified atom stereocenters. The SMILES string of the molecule is COC(OC)C(C)NCc1ccc2c(c1)NC(=O)CO2. The molecule has 2 N–H and O–H groups in total. The lowest BCUT2D eigenvalue weighted by Crippen LogP contribution is -2.39. The zero-order valence-corrected chi connectivity index (χ0v) is 11.9. The van der Waals surface area contributed by atoms with Gasteiger partial charge in [0.25, 0.3) is 5.91 Å². The minimum atomic E-state index is -0.296. The molecule has 1 heterocycles. The molecule has 0 aliphatic carbocycles. The van der Waals surface area contributed by atoms with E-state index in [2.05, 4.69) is 10.6 Å². The molecule has 110 valence electrons. The topological polar surface area (TPSA) is 68.8 Å². The van der Waals surface area contributed by atoms with Gasteiger partial charge in [-0.25, -0.2) is 0 Å². The molecule has 2 rings (SSSR count). The maximum atomic E-state index is 11.3. The number of hydrogen-bond donors (Lipinski definition) is 2. The van der Waals surface area contributed by atoms with E-state index in [0.29, 0.717) is 18.0 Å². The molecule has 0 saturated carbocycles. The van der Waals surface area contributed by atoms with Gasteiger partial charge in [0.05, 0.1) is 11.7 Å². The van der Waals surface area contributed by atoms with Crippen LogP contribution >= 0.6 is 0 Å². The van der Waals surface area contributed by atoms with Gasteiger partial charge in [-0.1, -0.05) is 6.07 Å². The molecule has 6 nitrogen and oxygen atoms in total. The molecule has 1 aromatic rings. The molecule has 1 amide bonds. The summed E-state index contributed by atoms with van der Waals surface area (Å²) in [6.45, 7) is 2.71. The van der Waals surface area contributed by atoms with E-state index in [1.54, 1.807) is 14.2 Å². The normalized spacial score (nSPS) is 15.5. The number of fused-ring (bicyclic) bond motifs is 1. The Morgan fingerprint density at radius 1 is 1.40 bits per heavy atom. The molecular weight excluding hydrogens is 260 g/mol. The Kier molecular flexibility index (Phi) is 4.94. The second-order valence-corrected chi connectivity index (χ2v) is 4.68. The van der Waals surface area contributed by atoms with Gasteiger partial charge in [-0.15, -0.1) is 0 Å². The predicted octanol–water partition coefficient (Wildman–Crippen LogP) is 1.11. The third-order valence-corrected chi connectivity index (χ3v) is 3.18. The zero-order chi connectivity index (χ0) is 14.5. The van der Waals surface area contributed by atoms with Crippen molar-refractivity contribution in [3.8, 4) is 5.75 Å². The highest BCUT2D eigenvalue weighted by atomic mass is 16.7. The summed E-state index contributed by atoms with van der Waals surface area (Å²) in [5.41, 5.74) is 1.76. The lowest BCUT2D eigenvalue weighted by molar-refractivity contribution is -0.119. The van der Waals surface area contributed by atoms with E-state index in [-0.39, 0.29) is 24.8 Å². The number of benzene rings is 1. The summed E-state index contributed by atoms with van der Waals surface area (Å²) in [5, 5.41) is 6.11. The van der Waals surface area contributed by atoms with Crippen molar-refractivity contribution in [1.82, 2.24) is 5.32 Å². The smallest absolute Gasteiger partial charge is 0.262 e. The molecule has 0 radical (unpaired) electrons. The Morgan fingerprint density at radius 3 is 2.85 bits per heavy atom. The van der Waals surface area contributed by atoms with Gasteiger partial charge in [-0.3, -0.25) is 4.79 Å². The number of anilines is 1. The highest BCUT2D eigenvalue weighted by Gasteiger charge is 2.17. The van der Waals surface area contributed by atoms with Gasteiger partial charge < -0.3 is 24.8 Å². The highest BCUT2D eigenvalue weighted by molar-refractivity contribution is 5.95. The van der Waals surface area contributed by atoms with Crippen LogP contribution in [0, 0.1) is 0 Å². The van der Waals surface area contributed by atoms with Gasteiger partial charge in [0.1, 0.15) is 5.75 Å².